The number of rotatable bonds is 5. The molecule has 2 atom stereocenters. The minimum absolute atomic E-state index is 0.263. The summed E-state index contributed by atoms with van der Waals surface area (Å²) in [5, 5.41) is 3.16. The maximum Gasteiger partial charge on any atom is 0.220 e. The number of carbonyl (C=O) groups is 1. The molecule has 1 N–H and O–H groups in total. The minimum atomic E-state index is 0.263. The highest BCUT2D eigenvalue weighted by Gasteiger charge is 2.57. The summed E-state index contributed by atoms with van der Waals surface area (Å²) in [7, 11) is 0. The second-order valence-electron chi connectivity index (χ2n) is 8.37. The van der Waals surface area contributed by atoms with Gasteiger partial charge in [-0.2, -0.15) is 0 Å². The molecule has 4 fully saturated rings. The first-order valence-electron chi connectivity index (χ1n) is 9.04. The van der Waals surface area contributed by atoms with Crippen LogP contribution in [0.1, 0.15) is 50.5 Å². The van der Waals surface area contributed by atoms with Crippen LogP contribution in [0.5, 0.6) is 0 Å². The van der Waals surface area contributed by atoms with Gasteiger partial charge in [-0.15, -0.1) is 0 Å². The lowest BCUT2D eigenvalue weighted by Crippen LogP contribution is -2.54. The van der Waals surface area contributed by atoms with Crippen molar-refractivity contribution in [2.75, 3.05) is 6.54 Å². The fourth-order valence-corrected chi connectivity index (χ4v) is 7.45. The molecule has 1 amide bonds. The second kappa shape index (κ2) is 5.91. The van der Waals surface area contributed by atoms with Gasteiger partial charge in [0, 0.05) is 17.3 Å². The largest absolute Gasteiger partial charge is 0.356 e. The van der Waals surface area contributed by atoms with E-state index in [1.807, 2.05) is 6.07 Å². The predicted octanol–water partition coefficient (Wildman–Crippen LogP) is 4.47. The summed E-state index contributed by atoms with van der Waals surface area (Å²) < 4.78 is 0.349. The molecule has 0 saturated heterocycles. The highest BCUT2D eigenvalue weighted by Crippen LogP contribution is 2.65. The van der Waals surface area contributed by atoms with Crippen molar-refractivity contribution in [3.05, 3.63) is 35.9 Å². The molecule has 4 bridgehead atoms. The van der Waals surface area contributed by atoms with Crippen molar-refractivity contribution in [1.82, 2.24) is 5.32 Å². The molecule has 4 aliphatic carbocycles. The van der Waals surface area contributed by atoms with Gasteiger partial charge in [0.25, 0.3) is 0 Å². The molecule has 0 radical (unpaired) electrons. The number of nitrogens with one attached hydrogen (secondary N) is 1. The summed E-state index contributed by atoms with van der Waals surface area (Å²) in [6.45, 7) is 0.755. The number of hydrogen-bond donors (Lipinski definition) is 1. The van der Waals surface area contributed by atoms with Gasteiger partial charge in [-0.25, -0.2) is 0 Å². The Kier molecular flexibility index (Phi) is 4.03. The molecule has 5 rings (SSSR count). The van der Waals surface area contributed by atoms with Crippen LogP contribution in [0.3, 0.4) is 0 Å². The number of carbonyl (C=O) groups excluding carboxylic acids is 1. The van der Waals surface area contributed by atoms with Crippen molar-refractivity contribution in [2.45, 2.75) is 55.7 Å². The van der Waals surface area contributed by atoms with Crippen LogP contribution in [0.25, 0.3) is 0 Å². The van der Waals surface area contributed by atoms with Crippen molar-refractivity contribution in [3.8, 4) is 0 Å². The van der Waals surface area contributed by atoms with Crippen molar-refractivity contribution in [2.24, 2.45) is 17.3 Å². The first-order chi connectivity index (χ1) is 11.0. The molecule has 23 heavy (non-hydrogen) atoms. The van der Waals surface area contributed by atoms with Crippen LogP contribution in [0, 0.1) is 17.3 Å². The summed E-state index contributed by atoms with van der Waals surface area (Å²) in [5.41, 5.74) is 1.58. The lowest BCUT2D eigenvalue weighted by molar-refractivity contribution is -0.128. The van der Waals surface area contributed by atoms with Crippen LogP contribution in [-0.2, 0) is 11.2 Å². The normalized spacial score (nSPS) is 37.8. The van der Waals surface area contributed by atoms with Crippen molar-refractivity contribution in [1.29, 1.82) is 0 Å². The van der Waals surface area contributed by atoms with Crippen molar-refractivity contribution in [3.63, 3.8) is 0 Å². The van der Waals surface area contributed by atoms with Crippen LogP contribution in [-0.4, -0.2) is 16.8 Å². The molecule has 4 saturated carbocycles. The highest BCUT2D eigenvalue weighted by atomic mass is 79.9. The molecule has 2 nitrogen and oxygen atoms in total. The number of hydrogen-bond acceptors (Lipinski definition) is 1. The van der Waals surface area contributed by atoms with E-state index in [2.05, 4.69) is 45.5 Å². The van der Waals surface area contributed by atoms with Crippen molar-refractivity contribution < 1.29 is 4.79 Å². The first-order valence-corrected chi connectivity index (χ1v) is 9.83. The number of halogens is 1. The Morgan fingerprint density at radius 3 is 2.48 bits per heavy atom. The van der Waals surface area contributed by atoms with E-state index in [1.54, 1.807) is 0 Å². The number of amides is 1. The lowest BCUT2D eigenvalue weighted by atomic mass is 9.48. The van der Waals surface area contributed by atoms with Gasteiger partial charge < -0.3 is 5.32 Å². The third kappa shape index (κ3) is 3.35. The summed E-state index contributed by atoms with van der Waals surface area (Å²) in [5.74, 6) is 1.97. The molecule has 0 heterocycles. The van der Waals surface area contributed by atoms with Crippen LogP contribution in [0.2, 0.25) is 0 Å². The maximum absolute atomic E-state index is 12.5. The smallest absolute Gasteiger partial charge is 0.220 e. The molecular formula is C20H26BrNO. The van der Waals surface area contributed by atoms with Crippen LogP contribution in [0.15, 0.2) is 30.3 Å². The zero-order chi connectivity index (χ0) is 15.9. The fourth-order valence-electron chi connectivity index (χ4n) is 5.94. The molecule has 1 aromatic rings. The molecule has 0 aromatic heterocycles. The van der Waals surface area contributed by atoms with Gasteiger partial charge in [-0.3, -0.25) is 4.79 Å². The molecule has 124 valence electrons. The molecule has 1 aromatic carbocycles. The van der Waals surface area contributed by atoms with Crippen LogP contribution < -0.4 is 5.32 Å². The van der Waals surface area contributed by atoms with Gasteiger partial charge in [0.05, 0.1) is 0 Å². The Balaban J connectivity index is 1.32. The highest BCUT2D eigenvalue weighted by molar-refractivity contribution is 9.10. The van der Waals surface area contributed by atoms with E-state index in [-0.39, 0.29) is 11.3 Å². The fraction of sp³-hybridized carbons (Fsp3) is 0.650. The first kappa shape index (κ1) is 15.7. The number of alkyl halides is 1. The zero-order valence-corrected chi connectivity index (χ0v) is 15.3. The molecule has 0 aliphatic heterocycles. The SMILES string of the molecule is O=C(CC12CC3CC(CC(Br)(C3)C1)C2)NCCc1ccccc1. The third-order valence-corrected chi connectivity index (χ3v) is 7.15. The Bertz CT molecular complexity index is 571. The van der Waals surface area contributed by atoms with Gasteiger partial charge >= 0.3 is 0 Å². The monoisotopic (exact) mass is 375 g/mol. The van der Waals surface area contributed by atoms with Crippen molar-refractivity contribution >= 4 is 21.8 Å². The topological polar surface area (TPSA) is 29.1 Å². The second-order valence-corrected chi connectivity index (χ2v) is 10.1. The Morgan fingerprint density at radius 2 is 1.83 bits per heavy atom. The van der Waals surface area contributed by atoms with E-state index in [0.29, 0.717) is 4.32 Å². The standard InChI is InChI=1S/C20H26BrNO/c21-20-11-16-8-17(12-20)10-19(9-16,14-20)13-18(23)22-7-6-15-4-2-1-3-5-15/h1-5,16-17H,6-14H2,(H,22,23). The molecule has 2 unspecified atom stereocenters. The minimum Gasteiger partial charge on any atom is -0.356 e. The molecule has 4 aliphatic rings. The van der Waals surface area contributed by atoms with E-state index >= 15 is 0 Å². The molecule has 3 heteroatoms. The Labute approximate surface area is 147 Å². The summed E-state index contributed by atoms with van der Waals surface area (Å²) in [6, 6.07) is 10.4. The van der Waals surface area contributed by atoms with E-state index < -0.39 is 0 Å². The van der Waals surface area contributed by atoms with E-state index in [9.17, 15) is 4.79 Å². The average Bonchev–Trinajstić information content (AvgIpc) is 2.45. The Hall–Kier alpha value is -0.830. The van der Waals surface area contributed by atoms with Gasteiger partial charge in [0.2, 0.25) is 5.91 Å². The number of benzene rings is 1. The predicted molar refractivity (Wildman–Crippen MR) is 96.5 cm³/mol. The quantitative estimate of drug-likeness (QED) is 0.755. The van der Waals surface area contributed by atoms with Crippen LogP contribution in [0.4, 0.5) is 0 Å². The van der Waals surface area contributed by atoms with Gasteiger partial charge in [-0.1, -0.05) is 46.3 Å². The van der Waals surface area contributed by atoms with Gasteiger partial charge in [0.15, 0.2) is 0 Å². The van der Waals surface area contributed by atoms with Gasteiger partial charge in [-0.05, 0) is 67.8 Å². The molecule has 0 spiro atoms. The zero-order valence-electron chi connectivity index (χ0n) is 13.7. The molecular weight excluding hydrogens is 350 g/mol. The maximum atomic E-state index is 12.5. The Morgan fingerprint density at radius 1 is 1.13 bits per heavy atom. The van der Waals surface area contributed by atoms with E-state index in [4.69, 9.17) is 0 Å². The lowest BCUT2D eigenvalue weighted by Gasteiger charge is -2.60. The van der Waals surface area contributed by atoms with Crippen LogP contribution >= 0.6 is 15.9 Å². The third-order valence-electron chi connectivity index (χ3n) is 6.23. The summed E-state index contributed by atoms with van der Waals surface area (Å²) in [6.07, 6.45) is 9.51. The summed E-state index contributed by atoms with van der Waals surface area (Å²) >= 11 is 4.03. The van der Waals surface area contributed by atoms with E-state index in [0.717, 1.165) is 31.2 Å². The average molecular weight is 376 g/mol. The summed E-state index contributed by atoms with van der Waals surface area (Å²) in [4.78, 5) is 12.5. The van der Waals surface area contributed by atoms with Gasteiger partial charge in [0.1, 0.15) is 0 Å². The van der Waals surface area contributed by atoms with E-state index in [1.165, 1.54) is 44.1 Å².